The molecule has 0 radical (unpaired) electrons. The molecule has 2 heterocycles. The first kappa shape index (κ1) is 12.3. The molecule has 88 valence electrons. The van der Waals surface area contributed by atoms with Crippen molar-refractivity contribution in [2.75, 3.05) is 0 Å². The molecule has 2 aromatic rings. The summed E-state index contributed by atoms with van der Waals surface area (Å²) < 4.78 is 18.8. The van der Waals surface area contributed by atoms with Crippen LogP contribution in [0.1, 0.15) is 5.56 Å². The Bertz CT molecular complexity index is 539. The molecule has 3 nitrogen and oxygen atoms in total. The van der Waals surface area contributed by atoms with Gasteiger partial charge in [-0.05, 0) is 22.0 Å². The van der Waals surface area contributed by atoms with Crippen LogP contribution in [-0.2, 0) is 6.61 Å². The third-order valence-corrected chi connectivity index (χ3v) is 2.75. The molecule has 0 atom stereocenters. The SMILES string of the molecule is Fc1cc(Cl)c(COc2cccc(Br)n2)cn1. The molecule has 0 unspecified atom stereocenters. The van der Waals surface area contributed by atoms with Crippen LogP contribution in [0.15, 0.2) is 35.1 Å². The van der Waals surface area contributed by atoms with E-state index in [0.29, 0.717) is 16.0 Å². The standard InChI is InChI=1S/C11H7BrClFN2O/c12-9-2-1-3-11(16-9)17-6-7-5-15-10(14)4-8(7)13/h1-5H,6H2. The van der Waals surface area contributed by atoms with Crippen molar-refractivity contribution in [1.82, 2.24) is 9.97 Å². The first-order valence-corrected chi connectivity index (χ1v) is 5.87. The zero-order valence-electron chi connectivity index (χ0n) is 8.53. The van der Waals surface area contributed by atoms with Gasteiger partial charge in [-0.3, -0.25) is 0 Å². The van der Waals surface area contributed by atoms with Gasteiger partial charge in [0.05, 0.1) is 5.02 Å². The lowest BCUT2D eigenvalue weighted by Gasteiger charge is -2.06. The van der Waals surface area contributed by atoms with Gasteiger partial charge in [0, 0.05) is 23.9 Å². The Morgan fingerprint density at radius 1 is 1.41 bits per heavy atom. The highest BCUT2D eigenvalue weighted by molar-refractivity contribution is 9.10. The third kappa shape index (κ3) is 3.38. The monoisotopic (exact) mass is 316 g/mol. The van der Waals surface area contributed by atoms with Crippen LogP contribution < -0.4 is 4.74 Å². The summed E-state index contributed by atoms with van der Waals surface area (Å²) in [5, 5.41) is 0.285. The van der Waals surface area contributed by atoms with Crippen molar-refractivity contribution in [3.05, 3.63) is 51.6 Å². The van der Waals surface area contributed by atoms with Crippen molar-refractivity contribution >= 4 is 27.5 Å². The number of halogens is 3. The molecular formula is C11H7BrClFN2O. The number of ether oxygens (including phenoxy) is 1. The average Bonchev–Trinajstić information content (AvgIpc) is 2.28. The fourth-order valence-corrected chi connectivity index (χ4v) is 1.68. The van der Waals surface area contributed by atoms with Crippen LogP contribution >= 0.6 is 27.5 Å². The van der Waals surface area contributed by atoms with Gasteiger partial charge in [-0.2, -0.15) is 4.39 Å². The van der Waals surface area contributed by atoms with Gasteiger partial charge in [-0.25, -0.2) is 9.97 Å². The summed E-state index contributed by atoms with van der Waals surface area (Å²) in [5.74, 6) is -0.154. The van der Waals surface area contributed by atoms with Crippen LogP contribution in [-0.4, -0.2) is 9.97 Å². The number of rotatable bonds is 3. The number of hydrogen-bond acceptors (Lipinski definition) is 3. The largest absolute Gasteiger partial charge is 0.473 e. The minimum atomic E-state index is -0.612. The Labute approximate surface area is 111 Å². The summed E-state index contributed by atoms with van der Waals surface area (Å²) in [5.41, 5.74) is 0.606. The van der Waals surface area contributed by atoms with Crippen molar-refractivity contribution in [3.8, 4) is 5.88 Å². The van der Waals surface area contributed by atoms with Crippen molar-refractivity contribution < 1.29 is 9.13 Å². The van der Waals surface area contributed by atoms with E-state index in [1.165, 1.54) is 6.20 Å². The minimum absolute atomic E-state index is 0.190. The second-order valence-electron chi connectivity index (χ2n) is 3.19. The average molecular weight is 318 g/mol. The van der Waals surface area contributed by atoms with Crippen LogP contribution in [0, 0.1) is 5.95 Å². The smallest absolute Gasteiger partial charge is 0.214 e. The number of pyridine rings is 2. The van der Waals surface area contributed by atoms with Gasteiger partial charge in [0.25, 0.3) is 0 Å². The number of hydrogen-bond donors (Lipinski definition) is 0. The van der Waals surface area contributed by atoms with Gasteiger partial charge in [-0.15, -0.1) is 0 Å². The molecule has 0 aliphatic rings. The summed E-state index contributed by atoms with van der Waals surface area (Å²) in [7, 11) is 0. The number of aromatic nitrogens is 2. The summed E-state index contributed by atoms with van der Waals surface area (Å²) in [6, 6.07) is 6.46. The van der Waals surface area contributed by atoms with Crippen molar-refractivity contribution in [1.29, 1.82) is 0 Å². The van der Waals surface area contributed by atoms with Crippen LogP contribution in [0.25, 0.3) is 0 Å². The van der Waals surface area contributed by atoms with Gasteiger partial charge in [0.15, 0.2) is 0 Å². The fraction of sp³-hybridized carbons (Fsp3) is 0.0909. The lowest BCUT2D eigenvalue weighted by molar-refractivity contribution is 0.292. The Hall–Kier alpha value is -1.20. The summed E-state index contributed by atoms with van der Waals surface area (Å²) in [6.07, 6.45) is 1.34. The topological polar surface area (TPSA) is 35.0 Å². The molecule has 0 saturated carbocycles. The second-order valence-corrected chi connectivity index (χ2v) is 4.41. The Morgan fingerprint density at radius 2 is 2.24 bits per heavy atom. The van der Waals surface area contributed by atoms with E-state index in [4.69, 9.17) is 16.3 Å². The van der Waals surface area contributed by atoms with E-state index in [1.807, 2.05) is 0 Å². The van der Waals surface area contributed by atoms with E-state index in [-0.39, 0.29) is 11.6 Å². The molecule has 17 heavy (non-hydrogen) atoms. The molecule has 0 N–H and O–H groups in total. The normalized spacial score (nSPS) is 10.3. The van der Waals surface area contributed by atoms with Crippen LogP contribution in [0.2, 0.25) is 5.02 Å². The molecule has 2 rings (SSSR count). The molecule has 6 heteroatoms. The fourth-order valence-electron chi connectivity index (χ4n) is 1.16. The van der Waals surface area contributed by atoms with Gasteiger partial charge < -0.3 is 4.74 Å². The summed E-state index contributed by atoms with van der Waals surface area (Å²) in [6.45, 7) is 0.190. The van der Waals surface area contributed by atoms with E-state index >= 15 is 0 Å². The highest BCUT2D eigenvalue weighted by Crippen LogP contribution is 2.18. The molecule has 0 aromatic carbocycles. The van der Waals surface area contributed by atoms with Gasteiger partial charge in [0.1, 0.15) is 11.2 Å². The van der Waals surface area contributed by atoms with Crippen LogP contribution in [0.3, 0.4) is 0 Å². The Balaban J connectivity index is 2.07. The highest BCUT2D eigenvalue weighted by atomic mass is 79.9. The Kier molecular flexibility index (Phi) is 3.91. The van der Waals surface area contributed by atoms with Crippen LogP contribution in [0.4, 0.5) is 4.39 Å². The lowest BCUT2D eigenvalue weighted by Crippen LogP contribution is -1.99. The predicted octanol–water partition coefficient (Wildman–Crippen LogP) is 3.61. The molecule has 0 bridgehead atoms. The zero-order chi connectivity index (χ0) is 12.3. The molecule has 0 saturated heterocycles. The third-order valence-electron chi connectivity index (χ3n) is 1.96. The van der Waals surface area contributed by atoms with E-state index in [0.717, 1.165) is 6.07 Å². The molecule has 0 fully saturated rings. The molecule has 0 amide bonds. The molecule has 0 aliphatic heterocycles. The predicted molar refractivity (Wildman–Crippen MR) is 65.5 cm³/mol. The van der Waals surface area contributed by atoms with E-state index in [9.17, 15) is 4.39 Å². The summed E-state index contributed by atoms with van der Waals surface area (Å²) >= 11 is 9.07. The first-order chi connectivity index (χ1) is 8.15. The lowest BCUT2D eigenvalue weighted by atomic mass is 10.3. The number of nitrogens with zero attached hydrogens (tertiary/aromatic N) is 2. The molecule has 0 spiro atoms. The van der Waals surface area contributed by atoms with Crippen molar-refractivity contribution in [2.24, 2.45) is 0 Å². The molecule has 0 aliphatic carbocycles. The van der Waals surface area contributed by atoms with Crippen LogP contribution in [0.5, 0.6) is 5.88 Å². The highest BCUT2D eigenvalue weighted by Gasteiger charge is 2.04. The second kappa shape index (κ2) is 5.42. The first-order valence-electron chi connectivity index (χ1n) is 4.70. The minimum Gasteiger partial charge on any atom is -0.473 e. The zero-order valence-corrected chi connectivity index (χ0v) is 10.9. The van der Waals surface area contributed by atoms with E-state index in [1.54, 1.807) is 18.2 Å². The quantitative estimate of drug-likeness (QED) is 0.811. The molecule has 2 aromatic heterocycles. The van der Waals surface area contributed by atoms with Crippen molar-refractivity contribution in [2.45, 2.75) is 6.61 Å². The maximum absolute atomic E-state index is 12.7. The molecular weight excluding hydrogens is 310 g/mol. The maximum Gasteiger partial charge on any atom is 0.214 e. The van der Waals surface area contributed by atoms with Crippen molar-refractivity contribution in [3.63, 3.8) is 0 Å². The Morgan fingerprint density at radius 3 is 2.94 bits per heavy atom. The van der Waals surface area contributed by atoms with Gasteiger partial charge >= 0.3 is 0 Å². The van der Waals surface area contributed by atoms with Gasteiger partial charge in [-0.1, -0.05) is 17.7 Å². The van der Waals surface area contributed by atoms with E-state index < -0.39 is 5.95 Å². The van der Waals surface area contributed by atoms with Gasteiger partial charge in [0.2, 0.25) is 11.8 Å². The summed E-state index contributed by atoms with van der Waals surface area (Å²) in [4.78, 5) is 7.60. The van der Waals surface area contributed by atoms with E-state index in [2.05, 4.69) is 25.9 Å². The maximum atomic E-state index is 12.7.